The molecule has 2 atom stereocenters. The molecule has 1 aromatic rings. The van der Waals surface area contributed by atoms with Crippen molar-refractivity contribution in [1.29, 1.82) is 0 Å². The van der Waals surface area contributed by atoms with E-state index in [1.54, 1.807) is 27.7 Å². The molecule has 0 heterocycles. The van der Waals surface area contributed by atoms with Crippen LogP contribution in [0.25, 0.3) is 0 Å². The number of sulfonamides is 1. The van der Waals surface area contributed by atoms with E-state index in [0.717, 1.165) is 0 Å². The summed E-state index contributed by atoms with van der Waals surface area (Å²) in [5.41, 5.74) is 1.52. The molecule has 1 aromatic carbocycles. The maximum absolute atomic E-state index is 12.3. The van der Waals surface area contributed by atoms with Crippen molar-refractivity contribution >= 4 is 22.0 Å². The summed E-state index contributed by atoms with van der Waals surface area (Å²) in [5.74, 6) is -0.177. The monoisotopic (exact) mass is 431 g/mol. The van der Waals surface area contributed by atoms with Crippen LogP contribution in [0.3, 0.4) is 0 Å². The molecule has 1 rings (SSSR count). The SMILES string of the molecule is COc1ccc(S(=O)(=O)N[C@@H](C)C(=O)NOC[C@H](C)NC(=O)OC(C)(C)C)cc1. The van der Waals surface area contributed by atoms with Gasteiger partial charge in [0.25, 0.3) is 5.91 Å². The molecular formula is C18H29N3O7S. The Bertz CT molecular complexity index is 789. The number of rotatable bonds is 9. The zero-order chi connectivity index (χ0) is 22.2. The molecular weight excluding hydrogens is 402 g/mol. The van der Waals surface area contributed by atoms with E-state index < -0.39 is 39.7 Å². The third-order valence-electron chi connectivity index (χ3n) is 3.36. The van der Waals surface area contributed by atoms with Crippen molar-refractivity contribution in [3.05, 3.63) is 24.3 Å². The topological polar surface area (TPSA) is 132 Å². The van der Waals surface area contributed by atoms with Gasteiger partial charge >= 0.3 is 6.09 Å². The lowest BCUT2D eigenvalue weighted by molar-refractivity contribution is -0.135. The number of nitrogens with one attached hydrogen (secondary N) is 3. The maximum Gasteiger partial charge on any atom is 0.407 e. The molecule has 0 bridgehead atoms. The second kappa shape index (κ2) is 10.4. The van der Waals surface area contributed by atoms with Crippen molar-refractivity contribution in [1.82, 2.24) is 15.5 Å². The van der Waals surface area contributed by atoms with Crippen LogP contribution in [0.4, 0.5) is 4.79 Å². The first-order valence-electron chi connectivity index (χ1n) is 8.91. The molecule has 0 radical (unpaired) electrons. The molecule has 0 fully saturated rings. The minimum Gasteiger partial charge on any atom is -0.497 e. The first kappa shape index (κ1) is 24.7. The number of methoxy groups -OCH3 is 1. The van der Waals surface area contributed by atoms with Gasteiger partial charge in [-0.05, 0) is 58.9 Å². The summed E-state index contributed by atoms with van der Waals surface area (Å²) in [5, 5.41) is 2.55. The van der Waals surface area contributed by atoms with Crippen molar-refractivity contribution in [2.45, 2.75) is 57.2 Å². The van der Waals surface area contributed by atoms with Crippen molar-refractivity contribution in [2.75, 3.05) is 13.7 Å². The Morgan fingerprint density at radius 1 is 1.10 bits per heavy atom. The number of amides is 2. The quantitative estimate of drug-likeness (QED) is 0.502. The minimum absolute atomic E-state index is 0.00551. The van der Waals surface area contributed by atoms with E-state index in [9.17, 15) is 18.0 Å². The van der Waals surface area contributed by atoms with Crippen molar-refractivity contribution in [2.24, 2.45) is 0 Å². The Hall–Kier alpha value is -2.37. The van der Waals surface area contributed by atoms with E-state index in [0.29, 0.717) is 5.75 Å². The maximum atomic E-state index is 12.3. The van der Waals surface area contributed by atoms with Crippen molar-refractivity contribution < 1.29 is 32.3 Å². The van der Waals surface area contributed by atoms with Gasteiger partial charge < -0.3 is 14.8 Å². The molecule has 0 unspecified atom stereocenters. The summed E-state index contributed by atoms with van der Waals surface area (Å²) >= 11 is 0. The second-order valence-electron chi connectivity index (χ2n) is 7.34. The summed E-state index contributed by atoms with van der Waals surface area (Å²) < 4.78 is 37.0. The van der Waals surface area contributed by atoms with E-state index in [1.807, 2.05) is 0 Å². The van der Waals surface area contributed by atoms with Gasteiger partial charge in [-0.3, -0.25) is 9.63 Å². The zero-order valence-electron chi connectivity index (χ0n) is 17.4. The predicted octanol–water partition coefficient (Wildman–Crippen LogP) is 1.32. The fourth-order valence-corrected chi connectivity index (χ4v) is 3.19. The third kappa shape index (κ3) is 9.11. The van der Waals surface area contributed by atoms with Gasteiger partial charge in [-0.2, -0.15) is 4.72 Å². The highest BCUT2D eigenvalue weighted by Crippen LogP contribution is 2.15. The molecule has 0 saturated carbocycles. The lowest BCUT2D eigenvalue weighted by Crippen LogP contribution is -2.46. The van der Waals surface area contributed by atoms with Crippen LogP contribution in [0, 0.1) is 0 Å². The highest BCUT2D eigenvalue weighted by Gasteiger charge is 2.23. The van der Waals surface area contributed by atoms with Gasteiger partial charge in [0.05, 0.1) is 24.7 Å². The van der Waals surface area contributed by atoms with Gasteiger partial charge in [0.1, 0.15) is 17.4 Å². The van der Waals surface area contributed by atoms with Crippen LogP contribution < -0.4 is 20.3 Å². The smallest absolute Gasteiger partial charge is 0.407 e. The van der Waals surface area contributed by atoms with Gasteiger partial charge in [-0.25, -0.2) is 18.7 Å². The first-order chi connectivity index (χ1) is 13.3. The van der Waals surface area contributed by atoms with Crippen LogP contribution in [-0.4, -0.2) is 51.8 Å². The number of benzene rings is 1. The van der Waals surface area contributed by atoms with Crippen LogP contribution in [0.5, 0.6) is 5.75 Å². The summed E-state index contributed by atoms with van der Waals surface area (Å²) in [6.45, 7) is 8.21. The Labute approximate surface area is 171 Å². The average Bonchev–Trinajstić information content (AvgIpc) is 2.59. The fourth-order valence-electron chi connectivity index (χ4n) is 1.99. The van der Waals surface area contributed by atoms with Crippen LogP contribution in [0.15, 0.2) is 29.2 Å². The molecule has 0 aliphatic rings. The normalized spacial score (nSPS) is 13.9. The number of alkyl carbamates (subject to hydrolysis) is 1. The standard InChI is InChI=1S/C18H29N3O7S/c1-12(19-17(23)28-18(3,4)5)11-27-20-16(22)13(2)21-29(24,25)15-9-7-14(26-6)8-10-15/h7-10,12-13,21H,11H2,1-6H3,(H,19,23)(H,20,22)/t12-,13-/m0/s1. The Morgan fingerprint density at radius 3 is 2.21 bits per heavy atom. The van der Waals surface area contributed by atoms with E-state index in [2.05, 4.69) is 15.5 Å². The largest absolute Gasteiger partial charge is 0.497 e. The summed E-state index contributed by atoms with van der Waals surface area (Å²) in [4.78, 5) is 28.7. The van der Waals surface area contributed by atoms with Gasteiger partial charge in [-0.1, -0.05) is 0 Å². The number of carbonyl (C=O) groups is 2. The highest BCUT2D eigenvalue weighted by molar-refractivity contribution is 7.89. The van der Waals surface area contributed by atoms with Crippen molar-refractivity contribution in [3.63, 3.8) is 0 Å². The van der Waals surface area contributed by atoms with Crippen LogP contribution >= 0.6 is 0 Å². The number of ether oxygens (including phenoxy) is 2. The first-order valence-corrected chi connectivity index (χ1v) is 10.4. The number of carbonyl (C=O) groups excluding carboxylic acids is 2. The molecule has 29 heavy (non-hydrogen) atoms. The number of hydrogen-bond acceptors (Lipinski definition) is 7. The predicted molar refractivity (Wildman–Crippen MR) is 106 cm³/mol. The van der Waals surface area contributed by atoms with Gasteiger partial charge in [0.2, 0.25) is 10.0 Å². The Balaban J connectivity index is 2.46. The van der Waals surface area contributed by atoms with Gasteiger partial charge in [0, 0.05) is 0 Å². The van der Waals surface area contributed by atoms with Crippen LogP contribution in [0.1, 0.15) is 34.6 Å². The lowest BCUT2D eigenvalue weighted by atomic mass is 10.2. The van der Waals surface area contributed by atoms with E-state index in [-0.39, 0.29) is 11.5 Å². The second-order valence-corrected chi connectivity index (χ2v) is 9.06. The van der Waals surface area contributed by atoms with Crippen LogP contribution in [-0.2, 0) is 24.4 Å². The molecule has 0 aliphatic carbocycles. The zero-order valence-corrected chi connectivity index (χ0v) is 18.3. The Morgan fingerprint density at radius 2 is 1.69 bits per heavy atom. The number of hydroxylamine groups is 1. The van der Waals surface area contributed by atoms with E-state index in [4.69, 9.17) is 14.3 Å². The van der Waals surface area contributed by atoms with E-state index in [1.165, 1.54) is 38.3 Å². The lowest BCUT2D eigenvalue weighted by Gasteiger charge is -2.22. The average molecular weight is 432 g/mol. The summed E-state index contributed by atoms with van der Waals surface area (Å²) in [6, 6.07) is 4.20. The number of hydrogen-bond donors (Lipinski definition) is 3. The van der Waals surface area contributed by atoms with Crippen LogP contribution in [0.2, 0.25) is 0 Å². The summed E-state index contributed by atoms with van der Waals surface area (Å²) in [7, 11) is -2.43. The molecule has 0 spiro atoms. The van der Waals surface area contributed by atoms with E-state index >= 15 is 0 Å². The molecule has 0 saturated heterocycles. The molecule has 0 aromatic heterocycles. The molecule has 11 heteroatoms. The molecule has 0 aliphatic heterocycles. The Kier molecular flexibility index (Phi) is 8.86. The fraction of sp³-hybridized carbons (Fsp3) is 0.556. The minimum atomic E-state index is -3.90. The van der Waals surface area contributed by atoms with Crippen molar-refractivity contribution in [3.8, 4) is 5.75 Å². The molecule has 164 valence electrons. The van der Waals surface area contributed by atoms with Gasteiger partial charge in [-0.15, -0.1) is 0 Å². The molecule has 10 nitrogen and oxygen atoms in total. The summed E-state index contributed by atoms with van der Waals surface area (Å²) in [6.07, 6.45) is -0.611. The molecule has 2 amide bonds. The molecule has 3 N–H and O–H groups in total. The highest BCUT2D eigenvalue weighted by atomic mass is 32.2. The van der Waals surface area contributed by atoms with Gasteiger partial charge in [0.15, 0.2) is 0 Å². The third-order valence-corrected chi connectivity index (χ3v) is 4.92.